The number of hydrogen-bond donors (Lipinski definition) is 2. The second-order valence-corrected chi connectivity index (χ2v) is 4.67. The molecule has 0 saturated heterocycles. The minimum absolute atomic E-state index is 0.107. The molecule has 0 fully saturated rings. The third-order valence-corrected chi connectivity index (χ3v) is 2.95. The summed E-state index contributed by atoms with van der Waals surface area (Å²) in [6.07, 6.45) is -6.18. The van der Waals surface area contributed by atoms with Crippen LogP contribution in [0.5, 0.6) is 0 Å². The first-order chi connectivity index (χ1) is 8.12. The van der Waals surface area contributed by atoms with E-state index in [0.29, 0.717) is 0 Å². The highest BCUT2D eigenvalue weighted by Gasteiger charge is 2.36. The van der Waals surface area contributed by atoms with E-state index in [1.807, 2.05) is 0 Å². The standard InChI is InChI=1S/C7H13F3N2O5S/c1-2-17-6(14)11-18(15,16)12(3-4-13)5-7(8,9)10/h13H,2-5H2,1H3,(H,11,14). The van der Waals surface area contributed by atoms with Gasteiger partial charge in [-0.2, -0.15) is 25.9 Å². The molecule has 0 aromatic rings. The van der Waals surface area contributed by atoms with Crippen molar-refractivity contribution >= 4 is 16.3 Å². The van der Waals surface area contributed by atoms with Gasteiger partial charge in [-0.15, -0.1) is 0 Å². The molecule has 18 heavy (non-hydrogen) atoms. The molecule has 11 heteroatoms. The molecule has 0 bridgehead atoms. The van der Waals surface area contributed by atoms with E-state index in [1.54, 1.807) is 0 Å². The number of aliphatic hydroxyl groups excluding tert-OH is 1. The summed E-state index contributed by atoms with van der Waals surface area (Å²) in [4.78, 5) is 10.9. The molecule has 0 atom stereocenters. The van der Waals surface area contributed by atoms with Crippen molar-refractivity contribution in [3.8, 4) is 0 Å². The lowest BCUT2D eigenvalue weighted by Crippen LogP contribution is -2.48. The molecule has 0 spiro atoms. The number of aliphatic hydroxyl groups is 1. The number of carbonyl (C=O) groups is 1. The third kappa shape index (κ3) is 6.61. The summed E-state index contributed by atoms with van der Waals surface area (Å²) >= 11 is 0. The van der Waals surface area contributed by atoms with Crippen LogP contribution in [0.4, 0.5) is 18.0 Å². The number of amides is 1. The number of alkyl halides is 3. The van der Waals surface area contributed by atoms with Crippen molar-refractivity contribution in [1.82, 2.24) is 9.03 Å². The summed E-state index contributed by atoms with van der Waals surface area (Å²) < 4.78 is 64.5. The Kier molecular flexibility index (Phi) is 6.35. The number of ether oxygens (including phenoxy) is 1. The van der Waals surface area contributed by atoms with Gasteiger partial charge in [0.05, 0.1) is 13.2 Å². The first-order valence-electron chi connectivity index (χ1n) is 4.74. The van der Waals surface area contributed by atoms with Gasteiger partial charge >= 0.3 is 22.5 Å². The zero-order valence-electron chi connectivity index (χ0n) is 9.40. The van der Waals surface area contributed by atoms with E-state index in [1.165, 1.54) is 11.6 Å². The highest BCUT2D eigenvalue weighted by molar-refractivity contribution is 7.87. The number of nitrogens with zero attached hydrogens (tertiary/aromatic N) is 1. The van der Waals surface area contributed by atoms with Gasteiger partial charge in [0, 0.05) is 6.54 Å². The SMILES string of the molecule is CCOC(=O)NS(=O)(=O)N(CCO)CC(F)(F)F. The maximum atomic E-state index is 12.1. The molecule has 0 aliphatic rings. The Hall–Kier alpha value is -1.07. The van der Waals surface area contributed by atoms with Gasteiger partial charge in [-0.1, -0.05) is 0 Å². The average Bonchev–Trinajstić information content (AvgIpc) is 2.14. The summed E-state index contributed by atoms with van der Waals surface area (Å²) in [6.45, 7) is -2.18. The highest BCUT2D eigenvalue weighted by atomic mass is 32.2. The second kappa shape index (κ2) is 6.75. The van der Waals surface area contributed by atoms with Crippen LogP contribution >= 0.6 is 0 Å². The molecular formula is C7H13F3N2O5S. The first kappa shape index (κ1) is 16.9. The molecule has 7 nitrogen and oxygen atoms in total. The Morgan fingerprint density at radius 1 is 1.44 bits per heavy atom. The average molecular weight is 294 g/mol. The van der Waals surface area contributed by atoms with Gasteiger partial charge in [0.15, 0.2) is 0 Å². The van der Waals surface area contributed by atoms with Crippen molar-refractivity contribution in [1.29, 1.82) is 0 Å². The minimum Gasteiger partial charge on any atom is -0.449 e. The molecule has 0 saturated carbocycles. The monoisotopic (exact) mass is 294 g/mol. The van der Waals surface area contributed by atoms with E-state index in [0.717, 1.165) is 0 Å². The Morgan fingerprint density at radius 2 is 2.00 bits per heavy atom. The quantitative estimate of drug-likeness (QED) is 0.709. The normalized spacial score (nSPS) is 12.6. The van der Waals surface area contributed by atoms with Crippen LogP contribution in [0.25, 0.3) is 0 Å². The van der Waals surface area contributed by atoms with Gasteiger partial charge < -0.3 is 9.84 Å². The van der Waals surface area contributed by atoms with E-state index in [-0.39, 0.29) is 10.9 Å². The topological polar surface area (TPSA) is 95.9 Å². The molecule has 1 amide bonds. The molecule has 0 aliphatic heterocycles. The highest BCUT2D eigenvalue weighted by Crippen LogP contribution is 2.17. The first-order valence-corrected chi connectivity index (χ1v) is 6.18. The van der Waals surface area contributed by atoms with Crippen molar-refractivity contribution in [2.24, 2.45) is 0 Å². The van der Waals surface area contributed by atoms with Gasteiger partial charge in [0.1, 0.15) is 6.54 Å². The van der Waals surface area contributed by atoms with Gasteiger partial charge in [-0.3, -0.25) is 0 Å². The molecule has 0 unspecified atom stereocenters. The van der Waals surface area contributed by atoms with E-state index >= 15 is 0 Å². The summed E-state index contributed by atoms with van der Waals surface area (Å²) in [5.41, 5.74) is 0. The van der Waals surface area contributed by atoms with E-state index in [9.17, 15) is 26.4 Å². The summed E-state index contributed by atoms with van der Waals surface area (Å²) in [5.74, 6) is 0. The Bertz CT molecular complexity index is 370. The van der Waals surface area contributed by atoms with E-state index in [2.05, 4.69) is 4.74 Å². The minimum atomic E-state index is -4.79. The van der Waals surface area contributed by atoms with Crippen LogP contribution in [0.3, 0.4) is 0 Å². The second-order valence-electron chi connectivity index (χ2n) is 3.00. The van der Waals surface area contributed by atoms with Crippen molar-refractivity contribution in [3.05, 3.63) is 0 Å². The lowest BCUT2D eigenvalue weighted by Gasteiger charge is -2.22. The number of hydrogen-bond acceptors (Lipinski definition) is 5. The summed E-state index contributed by atoms with van der Waals surface area (Å²) in [6, 6.07) is 0. The van der Waals surface area contributed by atoms with Crippen LogP contribution in [0.15, 0.2) is 0 Å². The summed E-state index contributed by atoms with van der Waals surface area (Å²) in [5, 5.41) is 8.52. The van der Waals surface area contributed by atoms with Gasteiger partial charge in [-0.05, 0) is 6.92 Å². The Morgan fingerprint density at radius 3 is 2.39 bits per heavy atom. The number of carbonyl (C=O) groups excluding carboxylic acids is 1. The Labute approximate surface area is 102 Å². The molecule has 2 N–H and O–H groups in total. The number of rotatable bonds is 6. The van der Waals surface area contributed by atoms with Crippen LogP contribution in [0.1, 0.15) is 6.92 Å². The van der Waals surface area contributed by atoms with Crippen LogP contribution in [-0.2, 0) is 14.9 Å². The smallest absolute Gasteiger partial charge is 0.421 e. The number of nitrogens with one attached hydrogen (secondary N) is 1. The molecule has 0 rings (SSSR count). The van der Waals surface area contributed by atoms with E-state index < -0.39 is 42.2 Å². The molecular weight excluding hydrogens is 281 g/mol. The maximum absolute atomic E-state index is 12.1. The van der Waals surface area contributed by atoms with Gasteiger partial charge in [0.25, 0.3) is 0 Å². The predicted octanol–water partition coefficient (Wildman–Crippen LogP) is -0.166. The van der Waals surface area contributed by atoms with Crippen LogP contribution in [0.2, 0.25) is 0 Å². The molecule has 108 valence electrons. The fourth-order valence-corrected chi connectivity index (χ4v) is 1.96. The number of halogens is 3. The van der Waals surface area contributed by atoms with Crippen molar-refractivity contribution in [2.75, 3.05) is 26.3 Å². The zero-order valence-corrected chi connectivity index (χ0v) is 10.2. The van der Waals surface area contributed by atoms with Crippen LogP contribution < -0.4 is 4.72 Å². The predicted molar refractivity (Wildman–Crippen MR) is 53.8 cm³/mol. The van der Waals surface area contributed by atoms with Gasteiger partial charge in [-0.25, -0.2) is 9.52 Å². The third-order valence-electron chi connectivity index (χ3n) is 1.53. The van der Waals surface area contributed by atoms with Crippen LogP contribution in [-0.4, -0.2) is 56.4 Å². The summed E-state index contributed by atoms with van der Waals surface area (Å²) in [7, 11) is -4.71. The molecule has 0 aromatic carbocycles. The molecule has 0 heterocycles. The zero-order chi connectivity index (χ0) is 14.4. The van der Waals surface area contributed by atoms with Crippen LogP contribution in [0, 0.1) is 0 Å². The fourth-order valence-electron chi connectivity index (χ4n) is 0.926. The molecule has 0 aliphatic carbocycles. The maximum Gasteiger partial charge on any atom is 0.421 e. The lowest BCUT2D eigenvalue weighted by molar-refractivity contribution is -0.136. The molecule has 0 radical (unpaired) electrons. The van der Waals surface area contributed by atoms with Crippen molar-refractivity contribution in [2.45, 2.75) is 13.1 Å². The van der Waals surface area contributed by atoms with Crippen molar-refractivity contribution in [3.63, 3.8) is 0 Å². The molecule has 0 aromatic heterocycles. The lowest BCUT2D eigenvalue weighted by atomic mass is 10.6. The largest absolute Gasteiger partial charge is 0.449 e. The van der Waals surface area contributed by atoms with E-state index in [4.69, 9.17) is 5.11 Å². The fraction of sp³-hybridized carbons (Fsp3) is 0.857. The van der Waals surface area contributed by atoms with Gasteiger partial charge in [0.2, 0.25) is 0 Å². The Balaban J connectivity index is 4.82. The van der Waals surface area contributed by atoms with Crippen molar-refractivity contribution < 1.29 is 36.2 Å².